The molecule has 0 amide bonds. The van der Waals surface area contributed by atoms with E-state index >= 15 is 0 Å². The van der Waals surface area contributed by atoms with Crippen molar-refractivity contribution in [2.45, 2.75) is 37.9 Å². The van der Waals surface area contributed by atoms with Crippen molar-refractivity contribution < 1.29 is 14.3 Å². The third-order valence-corrected chi connectivity index (χ3v) is 4.07. The molecule has 1 saturated heterocycles. The minimum absolute atomic E-state index is 0.00838. The van der Waals surface area contributed by atoms with E-state index in [0.717, 1.165) is 0 Å². The summed E-state index contributed by atoms with van der Waals surface area (Å²) in [4.78, 5) is 13.6. The van der Waals surface area contributed by atoms with Gasteiger partial charge in [-0.3, -0.25) is 4.79 Å². The normalized spacial score (nSPS) is 37.1. The molecule has 1 aliphatic rings. The van der Waals surface area contributed by atoms with E-state index in [-0.39, 0.29) is 41.6 Å². The van der Waals surface area contributed by atoms with Crippen molar-refractivity contribution in [3.8, 4) is 0 Å². The SMILES string of the molecule is CC(=O)OCC1O[C@H](Br)C(C)[C@H](N=[N+]=[N-])C1C. The van der Waals surface area contributed by atoms with Crippen LogP contribution in [0.5, 0.6) is 0 Å². The number of carbonyl (C=O) groups is 1. The number of hydrogen-bond acceptors (Lipinski definition) is 4. The second-order valence-corrected chi connectivity index (χ2v) is 5.14. The largest absolute Gasteiger partial charge is 0.463 e. The molecule has 0 saturated carbocycles. The molecule has 0 N–H and O–H groups in total. The Morgan fingerprint density at radius 3 is 2.71 bits per heavy atom. The van der Waals surface area contributed by atoms with E-state index in [0.29, 0.717) is 0 Å². The van der Waals surface area contributed by atoms with Crippen LogP contribution in [-0.4, -0.2) is 29.7 Å². The Kier molecular flexibility index (Phi) is 5.24. The summed E-state index contributed by atoms with van der Waals surface area (Å²) < 4.78 is 10.6. The molecule has 3 unspecified atom stereocenters. The number of azide groups is 1. The highest BCUT2D eigenvalue weighted by atomic mass is 79.9. The molecule has 6 nitrogen and oxygen atoms in total. The summed E-state index contributed by atoms with van der Waals surface area (Å²) in [5, 5.41) is 3.60. The predicted octanol–water partition coefficient (Wildman–Crippen LogP) is 2.62. The van der Waals surface area contributed by atoms with Crippen molar-refractivity contribution in [1.29, 1.82) is 0 Å². The summed E-state index contributed by atoms with van der Waals surface area (Å²) in [6.45, 7) is 5.43. The van der Waals surface area contributed by atoms with Gasteiger partial charge in [0.15, 0.2) is 0 Å². The maximum atomic E-state index is 10.8. The summed E-state index contributed by atoms with van der Waals surface area (Å²) in [5.41, 5.74) is 8.56. The highest BCUT2D eigenvalue weighted by Gasteiger charge is 2.40. The summed E-state index contributed by atoms with van der Waals surface area (Å²) in [6.07, 6.45) is -0.255. The average Bonchev–Trinajstić information content (AvgIpc) is 2.27. The van der Waals surface area contributed by atoms with Crippen molar-refractivity contribution >= 4 is 21.9 Å². The number of carbonyl (C=O) groups excluding carboxylic acids is 1. The Morgan fingerprint density at radius 1 is 1.53 bits per heavy atom. The lowest BCUT2D eigenvalue weighted by molar-refractivity contribution is -0.152. The molecule has 5 atom stereocenters. The molecule has 0 aromatic carbocycles. The fraction of sp³-hybridized carbons (Fsp3) is 0.900. The number of esters is 1. The van der Waals surface area contributed by atoms with Crippen LogP contribution in [-0.2, 0) is 14.3 Å². The van der Waals surface area contributed by atoms with E-state index in [1.165, 1.54) is 6.92 Å². The lowest BCUT2D eigenvalue weighted by Crippen LogP contribution is -2.47. The Labute approximate surface area is 108 Å². The standard InChI is InChI=1S/C10H16BrN3O3/c1-5-8(4-16-7(3)15)17-10(11)6(2)9(5)13-14-12/h5-6,8-10H,4H2,1-3H3/t5?,6?,8?,9-,10+/m1/s1. The highest BCUT2D eigenvalue weighted by Crippen LogP contribution is 2.35. The van der Waals surface area contributed by atoms with Crippen LogP contribution < -0.4 is 0 Å². The first-order valence-electron chi connectivity index (χ1n) is 5.44. The maximum absolute atomic E-state index is 10.8. The molecule has 7 heteroatoms. The molecule has 17 heavy (non-hydrogen) atoms. The van der Waals surface area contributed by atoms with Gasteiger partial charge in [-0.25, -0.2) is 0 Å². The van der Waals surface area contributed by atoms with E-state index in [2.05, 4.69) is 26.0 Å². The molecule has 0 radical (unpaired) electrons. The summed E-state index contributed by atoms with van der Waals surface area (Å²) in [7, 11) is 0. The first-order valence-corrected chi connectivity index (χ1v) is 6.36. The van der Waals surface area contributed by atoms with Crippen LogP contribution in [0.3, 0.4) is 0 Å². The lowest BCUT2D eigenvalue weighted by Gasteiger charge is -2.40. The van der Waals surface area contributed by atoms with Crippen molar-refractivity contribution in [3.05, 3.63) is 10.4 Å². The van der Waals surface area contributed by atoms with Crippen LogP contribution in [0.2, 0.25) is 0 Å². The number of halogens is 1. The van der Waals surface area contributed by atoms with Gasteiger partial charge in [-0.2, -0.15) is 0 Å². The van der Waals surface area contributed by atoms with E-state index < -0.39 is 0 Å². The van der Waals surface area contributed by atoms with Gasteiger partial charge in [-0.15, -0.1) is 0 Å². The highest BCUT2D eigenvalue weighted by molar-refractivity contribution is 9.09. The number of hydrogen-bond donors (Lipinski definition) is 0. The molecular formula is C10H16BrN3O3. The quantitative estimate of drug-likeness (QED) is 0.264. The fourth-order valence-corrected chi connectivity index (χ4v) is 2.52. The Balaban J connectivity index is 2.73. The van der Waals surface area contributed by atoms with E-state index in [1.54, 1.807) is 0 Å². The third kappa shape index (κ3) is 3.59. The second kappa shape index (κ2) is 6.23. The second-order valence-electron chi connectivity index (χ2n) is 4.24. The zero-order chi connectivity index (χ0) is 13.0. The van der Waals surface area contributed by atoms with Crippen LogP contribution in [0.1, 0.15) is 20.8 Å². The number of ether oxygens (including phenoxy) is 2. The van der Waals surface area contributed by atoms with Crippen LogP contribution in [0, 0.1) is 11.8 Å². The molecule has 0 spiro atoms. The summed E-state index contributed by atoms with van der Waals surface area (Å²) >= 11 is 3.39. The smallest absolute Gasteiger partial charge is 0.302 e. The van der Waals surface area contributed by atoms with Gasteiger partial charge >= 0.3 is 5.97 Å². The van der Waals surface area contributed by atoms with Crippen molar-refractivity contribution in [1.82, 2.24) is 0 Å². The first-order chi connectivity index (χ1) is 7.97. The Bertz CT molecular complexity index is 333. The topological polar surface area (TPSA) is 84.3 Å². The lowest BCUT2D eigenvalue weighted by atomic mass is 9.85. The van der Waals surface area contributed by atoms with E-state index in [9.17, 15) is 4.79 Å². The van der Waals surface area contributed by atoms with E-state index in [1.807, 2.05) is 13.8 Å². The van der Waals surface area contributed by atoms with Gasteiger partial charge in [0.05, 0.1) is 6.10 Å². The van der Waals surface area contributed by atoms with Crippen LogP contribution in [0.4, 0.5) is 0 Å². The molecule has 0 aliphatic carbocycles. The zero-order valence-electron chi connectivity index (χ0n) is 10.0. The van der Waals surface area contributed by atoms with Crippen LogP contribution in [0.15, 0.2) is 5.11 Å². The number of nitrogens with zero attached hydrogens (tertiary/aromatic N) is 3. The van der Waals surface area contributed by atoms with Crippen molar-refractivity contribution in [3.63, 3.8) is 0 Å². The molecular weight excluding hydrogens is 290 g/mol. The molecule has 1 rings (SSSR count). The number of rotatable bonds is 3. The Morgan fingerprint density at radius 2 is 2.18 bits per heavy atom. The molecule has 1 aliphatic heterocycles. The van der Waals surface area contributed by atoms with Gasteiger partial charge in [-0.1, -0.05) is 34.9 Å². The van der Waals surface area contributed by atoms with Gasteiger partial charge in [0, 0.05) is 23.8 Å². The first kappa shape index (κ1) is 14.3. The Hall–Kier alpha value is -0.780. The molecule has 0 aromatic heterocycles. The average molecular weight is 306 g/mol. The van der Waals surface area contributed by atoms with Crippen molar-refractivity contribution in [2.24, 2.45) is 17.0 Å². The maximum Gasteiger partial charge on any atom is 0.302 e. The van der Waals surface area contributed by atoms with Crippen LogP contribution >= 0.6 is 15.9 Å². The van der Waals surface area contributed by atoms with Gasteiger partial charge in [0.1, 0.15) is 11.6 Å². The molecule has 96 valence electrons. The van der Waals surface area contributed by atoms with Gasteiger partial charge in [0.2, 0.25) is 0 Å². The fourth-order valence-electron chi connectivity index (χ4n) is 1.93. The van der Waals surface area contributed by atoms with E-state index in [4.69, 9.17) is 15.0 Å². The molecule has 0 bridgehead atoms. The summed E-state index contributed by atoms with van der Waals surface area (Å²) in [5.74, 6) is -0.255. The molecule has 1 fully saturated rings. The van der Waals surface area contributed by atoms with Crippen molar-refractivity contribution in [2.75, 3.05) is 6.61 Å². The minimum atomic E-state index is -0.342. The predicted molar refractivity (Wildman–Crippen MR) is 65.5 cm³/mol. The minimum Gasteiger partial charge on any atom is -0.463 e. The van der Waals surface area contributed by atoms with Gasteiger partial charge in [-0.05, 0) is 11.4 Å². The monoisotopic (exact) mass is 305 g/mol. The van der Waals surface area contributed by atoms with Crippen LogP contribution in [0.25, 0.3) is 10.4 Å². The molecule has 0 aromatic rings. The third-order valence-electron chi connectivity index (χ3n) is 3.02. The summed E-state index contributed by atoms with van der Waals surface area (Å²) in [6, 6.07) is -0.168. The van der Waals surface area contributed by atoms with Gasteiger partial charge < -0.3 is 9.47 Å². The molecule has 1 heterocycles. The number of alkyl halides is 1. The van der Waals surface area contributed by atoms with Gasteiger partial charge in [0.25, 0.3) is 0 Å². The zero-order valence-corrected chi connectivity index (χ0v) is 11.6.